The molecule has 0 aromatic heterocycles. The van der Waals surface area contributed by atoms with Gasteiger partial charge < -0.3 is 4.74 Å². The molecule has 52 heavy (non-hydrogen) atoms. The average Bonchev–Trinajstić information content (AvgIpc) is 4.00. The van der Waals surface area contributed by atoms with Crippen LogP contribution in [0.1, 0.15) is 58.3 Å². The van der Waals surface area contributed by atoms with Crippen molar-refractivity contribution in [3.05, 3.63) is 152 Å². The number of benzene rings is 5. The summed E-state index contributed by atoms with van der Waals surface area (Å²) in [6.45, 7) is 2.91. The normalized spacial score (nSPS) is 18.8. The number of aliphatic imine (C=N–C) groups is 1. The van der Waals surface area contributed by atoms with Crippen LogP contribution < -0.4 is 26.5 Å². The number of rotatable bonds is 7. The molecule has 0 bridgehead atoms. The molecule has 1 aliphatic heterocycles. The maximum atomic E-state index is 5.97. The molecule has 0 saturated heterocycles. The van der Waals surface area contributed by atoms with Gasteiger partial charge in [0.05, 0.1) is 44.1 Å². The van der Waals surface area contributed by atoms with Crippen LogP contribution in [0.4, 0.5) is 0 Å². The van der Waals surface area contributed by atoms with Crippen LogP contribution in [0, 0.1) is 5.92 Å². The van der Waals surface area contributed by atoms with Gasteiger partial charge in [-0.15, -0.1) is 0 Å². The fourth-order valence-electron chi connectivity index (χ4n) is 7.33. The summed E-state index contributed by atoms with van der Waals surface area (Å²) >= 11 is -0.346. The van der Waals surface area contributed by atoms with E-state index in [2.05, 4.69) is 159 Å². The zero-order valence-electron chi connectivity index (χ0n) is 29.8. The van der Waals surface area contributed by atoms with Crippen LogP contribution >= 0.6 is 35.2 Å². The van der Waals surface area contributed by atoms with E-state index < -0.39 is 15.8 Å². The Bertz CT molecular complexity index is 1550. The van der Waals surface area contributed by atoms with Crippen molar-refractivity contribution in [2.24, 2.45) is 10.9 Å². The standard InChI is InChI=1S/C21H24NOP.C18H15P.C5H10.2ClH.Fe.Ru/c1-16-15-23-21(22-16)19-13-8-14-20(19)24(17-9-4-2-5-10-17)18-11-6-3-7-12-18;1-4-10-16(11-5-1)19(17-12-6-2-7-13-17)18-14-8-3-9-15-18;1-2-4-5-3-1;;;;/h2-7,9-12,16,19-20H,8,13-15H2,1H3;1-15H;1-5H2;2*1H;;/q;;;;;;+2/t16-,19?,20?;;;;;;/m0....../s1. The van der Waals surface area contributed by atoms with E-state index in [-0.39, 0.29) is 32.2 Å². The minimum Gasteiger partial charge on any atom is -0.0620 e. The second-order valence-electron chi connectivity index (χ2n) is 13.2. The molecule has 5 aromatic rings. The van der Waals surface area contributed by atoms with Gasteiger partial charge in [-0.25, -0.2) is 4.99 Å². The van der Waals surface area contributed by atoms with Gasteiger partial charge in [0.2, 0.25) is 0 Å². The van der Waals surface area contributed by atoms with E-state index in [1.807, 2.05) is 0 Å². The smallest absolute Gasteiger partial charge is 0.0620 e. The van der Waals surface area contributed by atoms with Crippen molar-refractivity contribution >= 4 is 67.6 Å². The predicted molar refractivity (Wildman–Crippen MR) is 226 cm³/mol. The molecule has 276 valence electrons. The number of hydrogen-bond donors (Lipinski definition) is 0. The van der Waals surface area contributed by atoms with Crippen LogP contribution in [0.2, 0.25) is 0 Å². The van der Waals surface area contributed by atoms with Crippen LogP contribution in [-0.4, -0.2) is 24.2 Å². The molecule has 3 aliphatic rings. The van der Waals surface area contributed by atoms with Crippen molar-refractivity contribution < 1.29 is 37.0 Å². The first-order valence-corrected chi connectivity index (χ1v) is 25.8. The molecular formula is C44H51Cl2FeNOP2Ru+2. The summed E-state index contributed by atoms with van der Waals surface area (Å²) in [5.41, 5.74) is 0.670. The van der Waals surface area contributed by atoms with E-state index in [4.69, 9.17) is 29.1 Å². The van der Waals surface area contributed by atoms with Crippen LogP contribution in [0.3, 0.4) is 0 Å². The quantitative estimate of drug-likeness (QED) is 0.118. The molecule has 0 spiro atoms. The fourth-order valence-corrected chi connectivity index (χ4v) is 13.4. The third-order valence-corrected chi connectivity index (χ3v) is 15.7. The first kappa shape index (κ1) is 42.9. The molecule has 2 nitrogen and oxygen atoms in total. The summed E-state index contributed by atoms with van der Waals surface area (Å²) in [5, 5.41) is 7.33. The SMILES string of the molecule is C1CCCC1.C[C@H]1COC(C2CCCC2[PH+](c2ccccc2)c2ccccc2)=N1.[Cl][Ru][Cl].[Fe].c1ccc([PH+](c2ccccc2)c2ccccc2)cc1. The molecule has 8 rings (SSSR count). The molecule has 5 aromatic carbocycles. The molecule has 2 saturated carbocycles. The van der Waals surface area contributed by atoms with Crippen LogP contribution in [0.5, 0.6) is 0 Å². The van der Waals surface area contributed by atoms with Crippen LogP contribution in [0.25, 0.3) is 0 Å². The molecule has 0 amide bonds. The maximum Gasteiger partial charge on any atom is 0.102 e. The van der Waals surface area contributed by atoms with E-state index in [1.165, 1.54) is 77.9 Å². The first-order valence-electron chi connectivity index (χ1n) is 18.3. The van der Waals surface area contributed by atoms with Crippen molar-refractivity contribution in [3.8, 4) is 0 Å². The Morgan fingerprint density at radius 1 is 0.538 bits per heavy atom. The Morgan fingerprint density at radius 3 is 1.21 bits per heavy atom. The minimum atomic E-state index is -0.877. The zero-order chi connectivity index (χ0) is 35.5. The molecule has 2 unspecified atom stereocenters. The van der Waals surface area contributed by atoms with Gasteiger partial charge in [0.1, 0.15) is 22.5 Å². The molecule has 3 atom stereocenters. The van der Waals surface area contributed by atoms with Gasteiger partial charge in [0.15, 0.2) is 5.90 Å². The Kier molecular flexibility index (Phi) is 20.2. The molecule has 2 aliphatic carbocycles. The van der Waals surface area contributed by atoms with Crippen molar-refractivity contribution in [2.75, 3.05) is 6.61 Å². The van der Waals surface area contributed by atoms with Gasteiger partial charge in [0.25, 0.3) is 0 Å². The van der Waals surface area contributed by atoms with Crippen molar-refractivity contribution in [2.45, 2.75) is 70.0 Å². The largest absolute Gasteiger partial charge is 0.102 e. The minimum absolute atomic E-state index is 0. The first-order chi connectivity index (χ1) is 25.2. The Hall–Kier alpha value is -1.85. The van der Waals surface area contributed by atoms with Gasteiger partial charge in [0, 0.05) is 17.1 Å². The summed E-state index contributed by atoms with van der Waals surface area (Å²) in [4.78, 5) is 4.80. The van der Waals surface area contributed by atoms with Gasteiger partial charge >= 0.3 is 34.5 Å². The number of hydrogen-bond acceptors (Lipinski definition) is 2. The van der Waals surface area contributed by atoms with Gasteiger partial charge in [-0.2, -0.15) is 0 Å². The fraction of sp³-hybridized carbons (Fsp3) is 0.295. The van der Waals surface area contributed by atoms with Crippen LogP contribution in [0.15, 0.2) is 157 Å². The topological polar surface area (TPSA) is 21.6 Å². The van der Waals surface area contributed by atoms with Crippen molar-refractivity contribution in [1.82, 2.24) is 0 Å². The Labute approximate surface area is 341 Å². The monoisotopic (exact) mass is 899 g/mol. The van der Waals surface area contributed by atoms with E-state index in [0.29, 0.717) is 17.6 Å². The molecular weight excluding hydrogens is 848 g/mol. The van der Waals surface area contributed by atoms with E-state index in [1.54, 1.807) is 0 Å². The van der Waals surface area contributed by atoms with Crippen LogP contribution in [-0.2, 0) is 37.0 Å². The van der Waals surface area contributed by atoms with E-state index in [0.717, 1.165) is 12.5 Å². The number of ether oxygens (including phenoxy) is 1. The second-order valence-corrected chi connectivity index (χ2v) is 21.1. The molecule has 0 radical (unpaired) electrons. The van der Waals surface area contributed by atoms with Crippen molar-refractivity contribution in [1.29, 1.82) is 0 Å². The maximum absolute atomic E-state index is 5.97. The molecule has 1 heterocycles. The zero-order valence-corrected chi connectivity index (χ0v) is 36.2. The molecule has 2 fully saturated rings. The van der Waals surface area contributed by atoms with Gasteiger partial charge in [-0.3, -0.25) is 0 Å². The molecule has 0 N–H and O–H groups in total. The third kappa shape index (κ3) is 13.2. The summed E-state index contributed by atoms with van der Waals surface area (Å²) < 4.78 is 5.97. The average molecular weight is 900 g/mol. The van der Waals surface area contributed by atoms with E-state index in [9.17, 15) is 0 Å². The third-order valence-electron chi connectivity index (χ3n) is 9.63. The number of nitrogens with zero attached hydrogens (tertiary/aromatic N) is 1. The summed E-state index contributed by atoms with van der Waals surface area (Å²) in [5.74, 6) is 1.55. The summed E-state index contributed by atoms with van der Waals surface area (Å²) in [6, 6.07) is 55.0. The van der Waals surface area contributed by atoms with Gasteiger partial charge in [-0.1, -0.05) is 123 Å². The predicted octanol–water partition coefficient (Wildman–Crippen LogP) is 10.3. The van der Waals surface area contributed by atoms with E-state index >= 15 is 0 Å². The number of halogens is 2. The summed E-state index contributed by atoms with van der Waals surface area (Å²) in [6.07, 6.45) is 11.3. The Morgan fingerprint density at radius 2 is 0.885 bits per heavy atom. The Balaban J connectivity index is 0.000000192. The van der Waals surface area contributed by atoms with Crippen molar-refractivity contribution in [3.63, 3.8) is 0 Å². The van der Waals surface area contributed by atoms with Gasteiger partial charge in [-0.05, 0) is 86.8 Å². The molecule has 8 heteroatoms. The summed E-state index contributed by atoms with van der Waals surface area (Å²) in [7, 11) is 7.99. The second kappa shape index (κ2) is 24.5.